The largest absolute Gasteiger partial charge is 0.508 e. The zero-order valence-electron chi connectivity index (χ0n) is 9.04. The van der Waals surface area contributed by atoms with Crippen molar-refractivity contribution in [3.05, 3.63) is 48.5 Å². The number of hydrogen-bond donors (Lipinski definition) is 2. The van der Waals surface area contributed by atoms with E-state index in [2.05, 4.69) is 5.10 Å². The van der Waals surface area contributed by atoms with Crippen LogP contribution in [0.25, 0.3) is 16.6 Å². The summed E-state index contributed by atoms with van der Waals surface area (Å²) in [6.07, 6.45) is 0. The van der Waals surface area contributed by atoms with Crippen LogP contribution in [-0.4, -0.2) is 14.9 Å². The van der Waals surface area contributed by atoms with E-state index in [-0.39, 0.29) is 5.75 Å². The van der Waals surface area contributed by atoms with Gasteiger partial charge in [0.15, 0.2) is 0 Å². The second-order valence-corrected chi connectivity index (χ2v) is 3.83. The molecule has 1 heterocycles. The van der Waals surface area contributed by atoms with Crippen molar-refractivity contribution in [2.75, 3.05) is 5.73 Å². The average Bonchev–Trinajstić information content (AvgIpc) is 2.69. The maximum atomic E-state index is 9.25. The molecular formula is C13H11N3O. The minimum Gasteiger partial charge on any atom is -0.508 e. The molecule has 0 atom stereocenters. The van der Waals surface area contributed by atoms with Crippen molar-refractivity contribution in [2.45, 2.75) is 0 Å². The van der Waals surface area contributed by atoms with E-state index in [1.165, 1.54) is 0 Å². The standard InChI is InChI=1S/C13H11N3O/c14-13-11-3-1-2-4-12(11)15-16(13)9-5-7-10(17)8-6-9/h1-8,17H,14H2. The molecule has 0 bridgehead atoms. The van der Waals surface area contributed by atoms with Crippen LogP contribution in [0.2, 0.25) is 0 Å². The van der Waals surface area contributed by atoms with Gasteiger partial charge in [-0.1, -0.05) is 12.1 Å². The van der Waals surface area contributed by atoms with Gasteiger partial charge >= 0.3 is 0 Å². The van der Waals surface area contributed by atoms with Crippen LogP contribution in [0.15, 0.2) is 48.5 Å². The number of benzene rings is 2. The molecule has 0 aliphatic heterocycles. The lowest BCUT2D eigenvalue weighted by Crippen LogP contribution is -2.01. The SMILES string of the molecule is Nc1c2ccccc2nn1-c1ccc(O)cc1. The highest BCUT2D eigenvalue weighted by Gasteiger charge is 2.08. The summed E-state index contributed by atoms with van der Waals surface area (Å²) < 4.78 is 1.67. The second-order valence-electron chi connectivity index (χ2n) is 3.83. The Kier molecular flexibility index (Phi) is 2.01. The second kappa shape index (κ2) is 3.52. The number of phenolic OH excluding ortho intramolecular Hbond substituents is 1. The van der Waals surface area contributed by atoms with Crippen molar-refractivity contribution in [3.63, 3.8) is 0 Å². The van der Waals surface area contributed by atoms with Crippen LogP contribution in [0.3, 0.4) is 0 Å². The first-order valence-corrected chi connectivity index (χ1v) is 5.28. The first kappa shape index (κ1) is 9.72. The predicted molar refractivity (Wildman–Crippen MR) is 67.1 cm³/mol. The van der Waals surface area contributed by atoms with Crippen molar-refractivity contribution >= 4 is 16.7 Å². The van der Waals surface area contributed by atoms with Crippen LogP contribution in [0.1, 0.15) is 0 Å². The molecular weight excluding hydrogens is 214 g/mol. The Hall–Kier alpha value is -2.49. The summed E-state index contributed by atoms with van der Waals surface area (Å²) >= 11 is 0. The monoisotopic (exact) mass is 225 g/mol. The molecule has 0 saturated heterocycles. The predicted octanol–water partition coefficient (Wildman–Crippen LogP) is 2.31. The molecule has 0 spiro atoms. The number of aromatic nitrogens is 2. The molecule has 4 nitrogen and oxygen atoms in total. The highest BCUT2D eigenvalue weighted by atomic mass is 16.3. The number of phenols is 1. The van der Waals surface area contributed by atoms with Gasteiger partial charge in [0.05, 0.1) is 11.2 Å². The van der Waals surface area contributed by atoms with Crippen LogP contribution in [0.4, 0.5) is 5.82 Å². The summed E-state index contributed by atoms with van der Waals surface area (Å²) in [6, 6.07) is 14.5. The number of aromatic hydroxyl groups is 1. The molecule has 3 rings (SSSR count). The lowest BCUT2D eigenvalue weighted by atomic mass is 10.2. The smallest absolute Gasteiger partial charge is 0.135 e. The molecule has 0 aliphatic carbocycles. The van der Waals surface area contributed by atoms with Gasteiger partial charge in [-0.3, -0.25) is 0 Å². The number of fused-ring (bicyclic) bond motifs is 1. The molecule has 84 valence electrons. The van der Waals surface area contributed by atoms with E-state index in [0.717, 1.165) is 16.6 Å². The zero-order valence-corrected chi connectivity index (χ0v) is 9.04. The Bertz CT molecular complexity index is 671. The number of nitrogen functional groups attached to an aromatic ring is 1. The van der Waals surface area contributed by atoms with E-state index in [1.807, 2.05) is 24.3 Å². The molecule has 17 heavy (non-hydrogen) atoms. The van der Waals surface area contributed by atoms with Gasteiger partial charge in [-0.05, 0) is 36.4 Å². The van der Waals surface area contributed by atoms with Crippen LogP contribution in [-0.2, 0) is 0 Å². The van der Waals surface area contributed by atoms with Crippen LogP contribution in [0.5, 0.6) is 5.75 Å². The molecule has 0 amide bonds. The van der Waals surface area contributed by atoms with Gasteiger partial charge in [0, 0.05) is 5.39 Å². The molecule has 0 saturated carbocycles. The summed E-state index contributed by atoms with van der Waals surface area (Å²) in [5, 5.41) is 14.6. The summed E-state index contributed by atoms with van der Waals surface area (Å²) in [6.45, 7) is 0. The third kappa shape index (κ3) is 1.50. The third-order valence-electron chi connectivity index (χ3n) is 2.71. The van der Waals surface area contributed by atoms with Crippen molar-refractivity contribution in [1.29, 1.82) is 0 Å². The fraction of sp³-hybridized carbons (Fsp3) is 0. The number of anilines is 1. The molecule has 0 fully saturated rings. The maximum Gasteiger partial charge on any atom is 0.135 e. The van der Waals surface area contributed by atoms with Crippen molar-refractivity contribution in [3.8, 4) is 11.4 Å². The Morgan fingerprint density at radius 3 is 2.41 bits per heavy atom. The average molecular weight is 225 g/mol. The highest BCUT2D eigenvalue weighted by molar-refractivity contribution is 5.89. The molecule has 3 N–H and O–H groups in total. The first-order chi connectivity index (χ1) is 8.25. The van der Waals surface area contributed by atoms with Crippen molar-refractivity contribution in [1.82, 2.24) is 9.78 Å². The van der Waals surface area contributed by atoms with E-state index in [9.17, 15) is 5.11 Å². The first-order valence-electron chi connectivity index (χ1n) is 5.28. The van der Waals surface area contributed by atoms with Gasteiger partial charge in [0.2, 0.25) is 0 Å². The molecule has 0 radical (unpaired) electrons. The van der Waals surface area contributed by atoms with E-state index >= 15 is 0 Å². The Labute approximate surface area is 97.9 Å². The van der Waals surface area contributed by atoms with Crippen molar-refractivity contribution in [2.24, 2.45) is 0 Å². The van der Waals surface area contributed by atoms with E-state index < -0.39 is 0 Å². The fourth-order valence-electron chi connectivity index (χ4n) is 1.84. The summed E-state index contributed by atoms with van der Waals surface area (Å²) in [5.74, 6) is 0.829. The third-order valence-corrected chi connectivity index (χ3v) is 2.71. The quantitative estimate of drug-likeness (QED) is 0.668. The minimum atomic E-state index is 0.226. The normalized spacial score (nSPS) is 10.8. The molecule has 0 unspecified atom stereocenters. The summed E-state index contributed by atoms with van der Waals surface area (Å²) in [4.78, 5) is 0. The number of nitrogens with zero attached hydrogens (tertiary/aromatic N) is 2. The zero-order chi connectivity index (χ0) is 11.8. The van der Waals surface area contributed by atoms with Gasteiger partial charge in [-0.15, -0.1) is 0 Å². The number of hydrogen-bond acceptors (Lipinski definition) is 3. The molecule has 3 aromatic rings. The van der Waals surface area contributed by atoms with Crippen molar-refractivity contribution < 1.29 is 5.11 Å². The Balaban J connectivity index is 2.24. The molecule has 2 aromatic carbocycles. The molecule has 1 aromatic heterocycles. The van der Waals surface area contributed by atoms with Gasteiger partial charge in [0.25, 0.3) is 0 Å². The highest BCUT2D eigenvalue weighted by Crippen LogP contribution is 2.24. The summed E-state index contributed by atoms with van der Waals surface area (Å²) in [7, 11) is 0. The Morgan fingerprint density at radius 2 is 1.71 bits per heavy atom. The van der Waals surface area contributed by atoms with E-state index in [0.29, 0.717) is 5.82 Å². The lowest BCUT2D eigenvalue weighted by molar-refractivity contribution is 0.475. The fourth-order valence-corrected chi connectivity index (χ4v) is 1.84. The Morgan fingerprint density at radius 1 is 1.00 bits per heavy atom. The summed E-state index contributed by atoms with van der Waals surface area (Å²) in [5.41, 5.74) is 7.74. The van der Waals surface area contributed by atoms with Gasteiger partial charge in [-0.25, -0.2) is 4.68 Å². The topological polar surface area (TPSA) is 64.1 Å². The van der Waals surface area contributed by atoms with E-state index in [1.54, 1.807) is 28.9 Å². The number of rotatable bonds is 1. The van der Waals surface area contributed by atoms with Crippen LogP contribution < -0.4 is 5.73 Å². The van der Waals surface area contributed by atoms with Gasteiger partial charge in [0.1, 0.15) is 11.6 Å². The molecule has 0 aliphatic rings. The number of nitrogens with two attached hydrogens (primary N) is 1. The van der Waals surface area contributed by atoms with Crippen LogP contribution >= 0.6 is 0 Å². The molecule has 4 heteroatoms. The van der Waals surface area contributed by atoms with Gasteiger partial charge < -0.3 is 10.8 Å². The van der Waals surface area contributed by atoms with Crippen LogP contribution in [0, 0.1) is 0 Å². The minimum absolute atomic E-state index is 0.226. The maximum absolute atomic E-state index is 9.25. The van der Waals surface area contributed by atoms with E-state index in [4.69, 9.17) is 5.73 Å². The lowest BCUT2D eigenvalue weighted by Gasteiger charge is -2.03. The van der Waals surface area contributed by atoms with Gasteiger partial charge in [-0.2, -0.15) is 5.10 Å².